The molecule has 3 N–H and O–H groups in total. The second-order valence-corrected chi connectivity index (χ2v) is 6.58. The van der Waals surface area contributed by atoms with E-state index in [-0.39, 0.29) is 16.8 Å². The zero-order valence-electron chi connectivity index (χ0n) is 12.6. The fraction of sp³-hybridized carbons (Fsp3) is 0.500. The average molecular weight is 313 g/mol. The number of nitrogens with one attached hydrogen (secondary N) is 3. The van der Waals surface area contributed by atoms with Gasteiger partial charge in [-0.3, -0.25) is 4.79 Å². The number of benzene rings is 1. The Bertz CT molecular complexity index is 571. The molecule has 0 heterocycles. The molecule has 7 heteroatoms. The van der Waals surface area contributed by atoms with Crippen molar-refractivity contribution in [1.29, 1.82) is 0 Å². The van der Waals surface area contributed by atoms with Crippen molar-refractivity contribution in [2.45, 2.75) is 38.1 Å². The van der Waals surface area contributed by atoms with Crippen LogP contribution < -0.4 is 15.4 Å². The first-order chi connectivity index (χ1) is 9.86. The minimum absolute atomic E-state index is 0.0642. The van der Waals surface area contributed by atoms with Gasteiger partial charge < -0.3 is 10.6 Å². The lowest BCUT2D eigenvalue weighted by Gasteiger charge is -2.14. The lowest BCUT2D eigenvalue weighted by molar-refractivity contribution is -0.120. The third kappa shape index (κ3) is 5.73. The number of hydrogen-bond acceptors (Lipinski definition) is 4. The van der Waals surface area contributed by atoms with Crippen LogP contribution in [0.2, 0.25) is 0 Å². The number of carbonyl (C=O) groups excluding carboxylic acids is 1. The number of carbonyl (C=O) groups is 1. The van der Waals surface area contributed by atoms with E-state index in [9.17, 15) is 13.2 Å². The largest absolute Gasteiger partial charge is 0.383 e. The summed E-state index contributed by atoms with van der Waals surface area (Å²) in [6, 6.07) is 6.47. The highest BCUT2D eigenvalue weighted by molar-refractivity contribution is 7.89. The molecule has 1 rings (SSSR count). The molecular formula is C14H23N3O3S. The lowest BCUT2D eigenvalue weighted by Crippen LogP contribution is -2.31. The van der Waals surface area contributed by atoms with E-state index in [4.69, 9.17) is 0 Å². The van der Waals surface area contributed by atoms with Crippen LogP contribution in [0.3, 0.4) is 0 Å². The Hall–Kier alpha value is -1.60. The first kappa shape index (κ1) is 17.5. The highest BCUT2D eigenvalue weighted by Crippen LogP contribution is 2.20. The molecule has 1 aromatic carbocycles. The predicted molar refractivity (Wildman–Crippen MR) is 83.7 cm³/mol. The van der Waals surface area contributed by atoms with Gasteiger partial charge in [-0.1, -0.05) is 12.1 Å². The zero-order valence-corrected chi connectivity index (χ0v) is 13.5. The zero-order chi connectivity index (χ0) is 15.9. The van der Waals surface area contributed by atoms with Gasteiger partial charge in [-0.15, -0.1) is 0 Å². The normalized spacial score (nSPS) is 11.4. The van der Waals surface area contributed by atoms with Gasteiger partial charge in [0.15, 0.2) is 0 Å². The highest BCUT2D eigenvalue weighted by Gasteiger charge is 2.18. The van der Waals surface area contributed by atoms with Crippen LogP contribution in [-0.4, -0.2) is 33.5 Å². The molecule has 1 aromatic rings. The fourth-order valence-electron chi connectivity index (χ4n) is 1.82. The molecule has 0 aliphatic carbocycles. The van der Waals surface area contributed by atoms with E-state index in [2.05, 4.69) is 15.4 Å². The van der Waals surface area contributed by atoms with Gasteiger partial charge in [0.2, 0.25) is 15.9 Å². The maximum absolute atomic E-state index is 12.2. The number of sulfonamides is 1. The molecule has 0 unspecified atom stereocenters. The number of rotatable bonds is 8. The third-order valence-corrected chi connectivity index (χ3v) is 4.33. The summed E-state index contributed by atoms with van der Waals surface area (Å²) in [6.45, 7) is 6.35. The Labute approximate surface area is 126 Å². The molecule has 0 bridgehead atoms. The maximum Gasteiger partial charge on any atom is 0.242 e. The van der Waals surface area contributed by atoms with Gasteiger partial charge in [-0.05, 0) is 32.9 Å². The Balaban J connectivity index is 2.78. The minimum Gasteiger partial charge on any atom is -0.383 e. The lowest BCUT2D eigenvalue weighted by atomic mass is 10.3. The quantitative estimate of drug-likeness (QED) is 0.675. The molecular weight excluding hydrogens is 290 g/mol. The molecule has 0 radical (unpaired) electrons. The molecule has 0 saturated heterocycles. The van der Waals surface area contributed by atoms with Crippen LogP contribution in [0, 0.1) is 0 Å². The van der Waals surface area contributed by atoms with Crippen molar-refractivity contribution >= 4 is 21.6 Å². The van der Waals surface area contributed by atoms with E-state index >= 15 is 0 Å². The van der Waals surface area contributed by atoms with E-state index in [1.54, 1.807) is 38.1 Å². The molecule has 6 nitrogen and oxygen atoms in total. The molecule has 0 atom stereocenters. The Morgan fingerprint density at radius 2 is 1.90 bits per heavy atom. The first-order valence-corrected chi connectivity index (χ1v) is 8.47. The van der Waals surface area contributed by atoms with Gasteiger partial charge in [0.05, 0.1) is 5.69 Å². The van der Waals surface area contributed by atoms with Crippen molar-refractivity contribution in [1.82, 2.24) is 10.0 Å². The van der Waals surface area contributed by atoms with E-state index in [1.165, 1.54) is 0 Å². The van der Waals surface area contributed by atoms with Crippen molar-refractivity contribution < 1.29 is 13.2 Å². The number of anilines is 1. The molecule has 0 aromatic heterocycles. The van der Waals surface area contributed by atoms with Crippen LogP contribution in [0.25, 0.3) is 0 Å². The van der Waals surface area contributed by atoms with E-state index < -0.39 is 10.0 Å². The van der Waals surface area contributed by atoms with Crippen LogP contribution >= 0.6 is 0 Å². The summed E-state index contributed by atoms with van der Waals surface area (Å²) in [5, 5.41) is 5.70. The summed E-state index contributed by atoms with van der Waals surface area (Å²) < 4.78 is 27.0. The van der Waals surface area contributed by atoms with Crippen LogP contribution in [-0.2, 0) is 14.8 Å². The van der Waals surface area contributed by atoms with Crippen molar-refractivity contribution in [2.24, 2.45) is 0 Å². The monoisotopic (exact) mass is 313 g/mol. The SMILES string of the molecule is CCNC(=O)CCNc1ccccc1S(=O)(=O)NC(C)C. The number of amides is 1. The smallest absolute Gasteiger partial charge is 0.242 e. The molecule has 21 heavy (non-hydrogen) atoms. The molecule has 0 spiro atoms. The van der Waals surface area contributed by atoms with Gasteiger partial charge in [0.1, 0.15) is 4.90 Å². The van der Waals surface area contributed by atoms with Gasteiger partial charge in [-0.2, -0.15) is 0 Å². The minimum atomic E-state index is -3.56. The molecule has 0 saturated carbocycles. The van der Waals surface area contributed by atoms with Gasteiger partial charge >= 0.3 is 0 Å². The van der Waals surface area contributed by atoms with Crippen molar-refractivity contribution in [3.63, 3.8) is 0 Å². The summed E-state index contributed by atoms with van der Waals surface area (Å²) >= 11 is 0. The van der Waals surface area contributed by atoms with E-state index in [0.29, 0.717) is 25.2 Å². The summed E-state index contributed by atoms with van der Waals surface area (Å²) in [7, 11) is -3.56. The molecule has 118 valence electrons. The van der Waals surface area contributed by atoms with Gasteiger partial charge in [-0.25, -0.2) is 13.1 Å². The predicted octanol–water partition coefficient (Wildman–Crippen LogP) is 1.31. The Morgan fingerprint density at radius 3 is 2.52 bits per heavy atom. The van der Waals surface area contributed by atoms with Crippen LogP contribution in [0.1, 0.15) is 27.2 Å². The standard InChI is InChI=1S/C14H23N3O3S/c1-4-15-14(18)9-10-16-12-7-5-6-8-13(12)21(19,20)17-11(2)3/h5-8,11,16-17H,4,9-10H2,1-3H3,(H,15,18). The van der Waals surface area contributed by atoms with Crippen LogP contribution in [0.5, 0.6) is 0 Å². The molecule has 0 fully saturated rings. The van der Waals surface area contributed by atoms with Gasteiger partial charge in [0, 0.05) is 25.6 Å². The summed E-state index contributed by atoms with van der Waals surface area (Å²) in [5.41, 5.74) is 0.495. The van der Waals surface area contributed by atoms with Crippen molar-refractivity contribution in [2.75, 3.05) is 18.4 Å². The first-order valence-electron chi connectivity index (χ1n) is 6.98. The van der Waals surface area contributed by atoms with Crippen LogP contribution in [0.15, 0.2) is 29.2 Å². The third-order valence-electron chi connectivity index (χ3n) is 2.61. The summed E-state index contributed by atoms with van der Waals surface area (Å²) in [6.07, 6.45) is 0.291. The summed E-state index contributed by atoms with van der Waals surface area (Å²) in [4.78, 5) is 11.6. The van der Waals surface area contributed by atoms with Crippen molar-refractivity contribution in [3.8, 4) is 0 Å². The summed E-state index contributed by atoms with van der Waals surface area (Å²) in [5.74, 6) is -0.0642. The second kappa shape index (κ2) is 7.99. The topological polar surface area (TPSA) is 87.3 Å². The van der Waals surface area contributed by atoms with E-state index in [0.717, 1.165) is 0 Å². The van der Waals surface area contributed by atoms with Crippen molar-refractivity contribution in [3.05, 3.63) is 24.3 Å². The van der Waals surface area contributed by atoms with E-state index in [1.807, 2.05) is 6.92 Å². The number of hydrogen-bond donors (Lipinski definition) is 3. The number of para-hydroxylation sites is 1. The second-order valence-electron chi connectivity index (χ2n) is 4.90. The van der Waals surface area contributed by atoms with Crippen LogP contribution in [0.4, 0.5) is 5.69 Å². The molecule has 0 aliphatic rings. The van der Waals surface area contributed by atoms with Gasteiger partial charge in [0.25, 0.3) is 0 Å². The Kier molecular flexibility index (Phi) is 6.64. The Morgan fingerprint density at radius 1 is 1.24 bits per heavy atom. The average Bonchev–Trinajstić information content (AvgIpc) is 2.38. The maximum atomic E-state index is 12.2. The fourth-order valence-corrected chi connectivity index (χ4v) is 3.25. The molecule has 0 aliphatic heterocycles. The highest BCUT2D eigenvalue weighted by atomic mass is 32.2. The molecule has 1 amide bonds.